The Kier molecular flexibility index (Phi) is 3.02. The van der Waals surface area contributed by atoms with E-state index in [0.29, 0.717) is 25.0 Å². The molecule has 0 aromatic rings. The van der Waals surface area contributed by atoms with E-state index in [4.69, 9.17) is 4.74 Å². The molecule has 3 aliphatic rings. The third-order valence-electron chi connectivity index (χ3n) is 4.50. The van der Waals surface area contributed by atoms with Crippen molar-refractivity contribution in [2.24, 2.45) is 10.9 Å². The average molecular weight is 300 g/mol. The number of ether oxygens (including phenoxy) is 1. The second kappa shape index (κ2) is 4.43. The van der Waals surface area contributed by atoms with E-state index in [9.17, 15) is 18.0 Å². The smallest absolute Gasteiger partial charge is 0.367 e. The first kappa shape index (κ1) is 14.3. The largest absolute Gasteiger partial charge is 0.471 e. The van der Waals surface area contributed by atoms with Crippen molar-refractivity contribution < 1.29 is 22.7 Å². The molecule has 114 valence electrons. The topological polar surface area (TPSA) is 50.7 Å². The number of alkyl halides is 3. The maximum absolute atomic E-state index is 12.6. The predicted molar refractivity (Wildman–Crippen MR) is 69.7 cm³/mol. The number of rotatable bonds is 2. The van der Waals surface area contributed by atoms with Crippen molar-refractivity contribution in [3.63, 3.8) is 0 Å². The van der Waals surface area contributed by atoms with Gasteiger partial charge in [-0.05, 0) is 31.4 Å². The van der Waals surface area contributed by atoms with Crippen LogP contribution < -0.4 is 5.32 Å². The zero-order valence-electron chi connectivity index (χ0n) is 11.4. The minimum absolute atomic E-state index is 0.322. The van der Waals surface area contributed by atoms with Crippen molar-refractivity contribution in [3.05, 3.63) is 24.3 Å². The molecule has 0 spiro atoms. The lowest BCUT2D eigenvalue weighted by molar-refractivity contribution is -0.176. The Bertz CT molecular complexity index is 567. The van der Waals surface area contributed by atoms with Crippen LogP contribution in [-0.4, -0.2) is 36.2 Å². The zero-order chi connectivity index (χ0) is 15.3. The highest BCUT2D eigenvalue weighted by Gasteiger charge is 2.62. The Morgan fingerprint density at radius 2 is 2.24 bits per heavy atom. The van der Waals surface area contributed by atoms with Crippen molar-refractivity contribution in [2.75, 3.05) is 7.11 Å². The monoisotopic (exact) mass is 300 g/mol. The lowest BCUT2D eigenvalue weighted by Crippen LogP contribution is -2.56. The van der Waals surface area contributed by atoms with Crippen molar-refractivity contribution in [3.8, 4) is 0 Å². The number of methoxy groups -OCH3 is 1. The quantitative estimate of drug-likeness (QED) is 0.849. The first-order valence-electron chi connectivity index (χ1n) is 6.75. The van der Waals surface area contributed by atoms with Crippen molar-refractivity contribution in [1.82, 2.24) is 5.32 Å². The van der Waals surface area contributed by atoms with Crippen molar-refractivity contribution >= 4 is 11.6 Å². The fourth-order valence-electron chi connectivity index (χ4n) is 3.65. The Labute approximate surface area is 119 Å². The summed E-state index contributed by atoms with van der Waals surface area (Å²) in [4.78, 5) is 15.8. The van der Waals surface area contributed by atoms with Gasteiger partial charge in [0.2, 0.25) is 0 Å². The van der Waals surface area contributed by atoms with Gasteiger partial charge in [0.25, 0.3) is 0 Å². The number of nitrogens with one attached hydrogen (secondary N) is 1. The molecule has 1 amide bonds. The number of allylic oxidation sites excluding steroid dienone is 2. The molecule has 0 saturated heterocycles. The molecule has 1 saturated carbocycles. The minimum Gasteiger partial charge on any atom is -0.367 e. The number of hydrogen-bond acceptors (Lipinski definition) is 3. The number of carbonyl (C=O) groups is 1. The molecule has 3 atom stereocenters. The Morgan fingerprint density at radius 3 is 2.90 bits per heavy atom. The van der Waals surface area contributed by atoms with Crippen LogP contribution in [0, 0.1) is 5.92 Å². The second-order valence-corrected chi connectivity index (χ2v) is 5.53. The minimum atomic E-state index is -4.91. The Balaban J connectivity index is 1.99. The first-order valence-corrected chi connectivity index (χ1v) is 6.75. The third kappa shape index (κ3) is 1.94. The van der Waals surface area contributed by atoms with Gasteiger partial charge in [-0.3, -0.25) is 9.79 Å². The Morgan fingerprint density at radius 1 is 1.48 bits per heavy atom. The molecule has 0 aromatic heterocycles. The van der Waals surface area contributed by atoms with E-state index in [2.05, 4.69) is 10.3 Å². The van der Waals surface area contributed by atoms with Gasteiger partial charge in [-0.15, -0.1) is 0 Å². The van der Waals surface area contributed by atoms with Gasteiger partial charge in [-0.2, -0.15) is 13.2 Å². The molecule has 1 fully saturated rings. The van der Waals surface area contributed by atoms with Crippen LogP contribution >= 0.6 is 0 Å². The molecule has 0 radical (unpaired) electrons. The SMILES string of the molecule is CO[C@@]12C=CC=CC1=N[C@@]1(NC(=O)C(F)(F)F)CCC[C@@H]21. The molecule has 21 heavy (non-hydrogen) atoms. The highest BCUT2D eigenvalue weighted by atomic mass is 19.4. The van der Waals surface area contributed by atoms with Crippen LogP contribution in [0.5, 0.6) is 0 Å². The predicted octanol–water partition coefficient (Wildman–Crippen LogP) is 2.13. The lowest BCUT2D eigenvalue weighted by Gasteiger charge is -2.37. The molecule has 1 N–H and O–H groups in total. The number of amides is 1. The average Bonchev–Trinajstić information content (AvgIpc) is 2.92. The normalized spacial score (nSPS) is 37.1. The molecule has 0 unspecified atom stereocenters. The van der Waals surface area contributed by atoms with Gasteiger partial charge in [0, 0.05) is 13.0 Å². The van der Waals surface area contributed by atoms with Gasteiger partial charge in [-0.25, -0.2) is 0 Å². The molecule has 1 heterocycles. The van der Waals surface area contributed by atoms with E-state index in [1.54, 1.807) is 18.2 Å². The van der Waals surface area contributed by atoms with Crippen LogP contribution in [-0.2, 0) is 9.53 Å². The summed E-state index contributed by atoms with van der Waals surface area (Å²) in [6.07, 6.45) is 3.91. The summed E-state index contributed by atoms with van der Waals surface area (Å²) < 4.78 is 43.4. The second-order valence-electron chi connectivity index (χ2n) is 5.53. The number of aliphatic imine (C=N–C) groups is 1. The summed E-state index contributed by atoms with van der Waals surface area (Å²) in [5.41, 5.74) is -1.50. The van der Waals surface area contributed by atoms with E-state index < -0.39 is 23.3 Å². The number of nitrogens with zero attached hydrogens (tertiary/aromatic N) is 1. The molecule has 4 nitrogen and oxygen atoms in total. The number of fused-ring (bicyclic) bond motifs is 3. The zero-order valence-corrected chi connectivity index (χ0v) is 11.4. The van der Waals surface area contributed by atoms with Gasteiger partial charge >= 0.3 is 12.1 Å². The maximum atomic E-state index is 12.6. The van der Waals surface area contributed by atoms with Crippen LogP contribution in [0.2, 0.25) is 0 Å². The number of carbonyl (C=O) groups excluding carboxylic acids is 1. The molecule has 2 aliphatic carbocycles. The highest BCUT2D eigenvalue weighted by Crippen LogP contribution is 2.51. The van der Waals surface area contributed by atoms with Gasteiger partial charge in [0.15, 0.2) is 0 Å². The van der Waals surface area contributed by atoms with E-state index in [0.717, 1.165) is 0 Å². The fourth-order valence-corrected chi connectivity index (χ4v) is 3.65. The Hall–Kier alpha value is -1.63. The van der Waals surface area contributed by atoms with Gasteiger partial charge < -0.3 is 10.1 Å². The fraction of sp³-hybridized carbons (Fsp3) is 0.571. The lowest BCUT2D eigenvalue weighted by atomic mass is 9.78. The van der Waals surface area contributed by atoms with Crippen LogP contribution in [0.1, 0.15) is 19.3 Å². The summed E-state index contributed by atoms with van der Waals surface area (Å²) in [6, 6.07) is 0. The summed E-state index contributed by atoms with van der Waals surface area (Å²) in [7, 11) is 1.51. The molecular weight excluding hydrogens is 285 g/mol. The summed E-state index contributed by atoms with van der Waals surface area (Å²) in [5.74, 6) is -2.27. The van der Waals surface area contributed by atoms with E-state index in [1.807, 2.05) is 6.08 Å². The molecule has 0 bridgehead atoms. The molecule has 3 rings (SSSR count). The molecule has 7 heteroatoms. The van der Waals surface area contributed by atoms with E-state index in [-0.39, 0.29) is 5.92 Å². The van der Waals surface area contributed by atoms with Crippen LogP contribution in [0.3, 0.4) is 0 Å². The maximum Gasteiger partial charge on any atom is 0.471 e. The van der Waals surface area contributed by atoms with Crippen LogP contribution in [0.4, 0.5) is 13.2 Å². The summed E-state index contributed by atoms with van der Waals surface area (Å²) >= 11 is 0. The summed E-state index contributed by atoms with van der Waals surface area (Å²) in [5, 5.41) is 2.11. The van der Waals surface area contributed by atoms with E-state index >= 15 is 0 Å². The van der Waals surface area contributed by atoms with Crippen molar-refractivity contribution in [2.45, 2.75) is 36.7 Å². The number of hydrogen-bond donors (Lipinski definition) is 1. The van der Waals surface area contributed by atoms with E-state index in [1.165, 1.54) is 7.11 Å². The van der Waals surface area contributed by atoms with Crippen LogP contribution in [0.25, 0.3) is 0 Å². The van der Waals surface area contributed by atoms with Crippen molar-refractivity contribution in [1.29, 1.82) is 0 Å². The first-order chi connectivity index (χ1) is 9.84. The summed E-state index contributed by atoms with van der Waals surface area (Å²) in [6.45, 7) is 0. The standard InChI is InChI=1S/C14H15F3N2O2/c1-21-12-7-3-2-6-10(12)18-13(8-4-5-9(12)13)19-11(20)14(15,16)17/h2-3,6-7,9H,4-5,8H2,1H3,(H,19,20)/t9-,12+,13+/m0/s1. The molecular formula is C14H15F3N2O2. The van der Waals surface area contributed by atoms with Gasteiger partial charge in [-0.1, -0.05) is 12.2 Å². The third-order valence-corrected chi connectivity index (χ3v) is 4.50. The molecule has 1 aliphatic heterocycles. The number of halogens is 3. The highest BCUT2D eigenvalue weighted by molar-refractivity contribution is 6.07. The van der Waals surface area contributed by atoms with Gasteiger partial charge in [0.05, 0.1) is 5.71 Å². The molecule has 0 aromatic carbocycles. The van der Waals surface area contributed by atoms with Crippen LogP contribution in [0.15, 0.2) is 29.3 Å². The van der Waals surface area contributed by atoms with Gasteiger partial charge in [0.1, 0.15) is 11.3 Å².